The van der Waals surface area contributed by atoms with E-state index in [-0.39, 0.29) is 18.4 Å². The van der Waals surface area contributed by atoms with E-state index in [1.54, 1.807) is 4.90 Å². The minimum atomic E-state index is -0.708. The fourth-order valence-electron chi connectivity index (χ4n) is 2.59. The maximum Gasteiger partial charge on any atom is 0.312 e. The summed E-state index contributed by atoms with van der Waals surface area (Å²) in [6, 6.07) is -1.36. The van der Waals surface area contributed by atoms with Crippen LogP contribution >= 0.6 is 0 Å². The van der Waals surface area contributed by atoms with Crippen molar-refractivity contribution >= 4 is 11.9 Å². The van der Waals surface area contributed by atoms with Gasteiger partial charge < -0.3 is 25.8 Å². The molecule has 1 rings (SSSR count). The highest BCUT2D eigenvalue weighted by Crippen LogP contribution is 2.22. The van der Waals surface area contributed by atoms with Crippen LogP contribution in [0.5, 0.6) is 0 Å². The van der Waals surface area contributed by atoms with Gasteiger partial charge in [-0.05, 0) is 19.8 Å². The van der Waals surface area contributed by atoms with Crippen molar-refractivity contribution in [3.05, 3.63) is 0 Å². The molecule has 1 saturated heterocycles. The summed E-state index contributed by atoms with van der Waals surface area (Å²) in [7, 11) is 0. The van der Waals surface area contributed by atoms with Crippen LogP contribution in [0.25, 0.3) is 0 Å². The lowest BCUT2D eigenvalue weighted by Crippen LogP contribution is -2.61. The molecule has 1 aliphatic rings. The molecule has 3 atom stereocenters. The number of hydrogen-bond donors (Lipinski definition) is 3. The van der Waals surface area contributed by atoms with E-state index >= 15 is 0 Å². The lowest BCUT2D eigenvalue weighted by Gasteiger charge is -2.43. The third kappa shape index (κ3) is 4.86. The number of nitrogens with one attached hydrogen (secondary N) is 1. The molecular weight excluding hydrogens is 274 g/mol. The number of aliphatic hydroxyl groups excluding tert-OH is 1. The molecule has 21 heavy (non-hydrogen) atoms. The van der Waals surface area contributed by atoms with Gasteiger partial charge in [-0.25, -0.2) is 4.79 Å². The number of primary amides is 1. The van der Waals surface area contributed by atoms with Gasteiger partial charge in [0.05, 0.1) is 18.3 Å². The fraction of sp³-hybridized carbons (Fsp3) is 0.857. The average Bonchev–Trinajstić information content (AvgIpc) is 2.41. The Morgan fingerprint density at radius 3 is 2.62 bits per heavy atom. The number of nitrogens with two attached hydrogens (primary N) is 1. The van der Waals surface area contributed by atoms with Crippen LogP contribution in [0.1, 0.15) is 34.1 Å². The molecule has 0 aromatic rings. The summed E-state index contributed by atoms with van der Waals surface area (Å²) in [4.78, 5) is 25.5. The van der Waals surface area contributed by atoms with E-state index in [4.69, 9.17) is 10.5 Å². The van der Waals surface area contributed by atoms with Crippen molar-refractivity contribution in [2.24, 2.45) is 11.7 Å². The van der Waals surface area contributed by atoms with E-state index in [0.29, 0.717) is 13.1 Å². The van der Waals surface area contributed by atoms with Crippen molar-refractivity contribution in [3.8, 4) is 0 Å². The summed E-state index contributed by atoms with van der Waals surface area (Å²) in [5.74, 6) is -0.207. The van der Waals surface area contributed by atoms with Crippen molar-refractivity contribution < 1.29 is 19.4 Å². The number of rotatable bonds is 5. The van der Waals surface area contributed by atoms with Crippen LogP contribution in [0, 0.1) is 5.92 Å². The van der Waals surface area contributed by atoms with Crippen LogP contribution in [0.2, 0.25) is 0 Å². The summed E-state index contributed by atoms with van der Waals surface area (Å²) in [5, 5.41) is 11.8. The molecule has 0 aromatic carbocycles. The van der Waals surface area contributed by atoms with Gasteiger partial charge in [-0.2, -0.15) is 0 Å². The summed E-state index contributed by atoms with van der Waals surface area (Å²) >= 11 is 0. The summed E-state index contributed by atoms with van der Waals surface area (Å²) in [6.07, 6.45) is 0.331. The quantitative estimate of drug-likeness (QED) is 0.668. The number of nitrogens with zero attached hydrogens (tertiary/aromatic N) is 1. The molecule has 1 aliphatic heterocycles. The predicted octanol–water partition coefficient (Wildman–Crippen LogP) is 0.0677. The van der Waals surface area contributed by atoms with Gasteiger partial charge in [0.25, 0.3) is 0 Å². The summed E-state index contributed by atoms with van der Waals surface area (Å²) < 4.78 is 5.70. The van der Waals surface area contributed by atoms with Gasteiger partial charge in [-0.1, -0.05) is 20.3 Å². The molecular formula is C14H27N3O4. The minimum absolute atomic E-state index is 0.0245. The third-order valence-corrected chi connectivity index (χ3v) is 3.77. The molecule has 0 bridgehead atoms. The van der Waals surface area contributed by atoms with Crippen LogP contribution in [0.4, 0.5) is 4.79 Å². The van der Waals surface area contributed by atoms with Gasteiger partial charge in [-0.15, -0.1) is 0 Å². The predicted molar refractivity (Wildman–Crippen MR) is 78.6 cm³/mol. The van der Waals surface area contributed by atoms with E-state index in [2.05, 4.69) is 5.32 Å². The van der Waals surface area contributed by atoms with Crippen molar-refractivity contribution in [1.29, 1.82) is 0 Å². The van der Waals surface area contributed by atoms with E-state index in [1.165, 1.54) is 0 Å². The smallest absolute Gasteiger partial charge is 0.312 e. The lowest BCUT2D eigenvalue weighted by atomic mass is 9.96. The standard InChI is InChI=1S/C14H27N3O4/c1-5-9(2)11(16-13(15)20)12(19)17-6-10(7-18)21-14(3,4)8-17/h9-11,18H,5-8H2,1-4H3,(H3,15,16,20). The molecule has 0 radical (unpaired) electrons. The molecule has 7 heteroatoms. The number of aliphatic hydroxyl groups is 1. The highest BCUT2D eigenvalue weighted by Gasteiger charge is 2.38. The Bertz CT molecular complexity index is 386. The Hall–Kier alpha value is -1.34. The number of carbonyl (C=O) groups is 2. The molecule has 0 spiro atoms. The zero-order valence-electron chi connectivity index (χ0n) is 13.3. The van der Waals surface area contributed by atoms with Crippen molar-refractivity contribution in [1.82, 2.24) is 10.2 Å². The first-order chi connectivity index (χ1) is 9.70. The molecule has 3 unspecified atom stereocenters. The highest BCUT2D eigenvalue weighted by atomic mass is 16.5. The molecule has 0 aliphatic carbocycles. The maximum atomic E-state index is 12.7. The molecule has 4 N–H and O–H groups in total. The number of amides is 3. The molecule has 7 nitrogen and oxygen atoms in total. The van der Waals surface area contributed by atoms with E-state index in [1.807, 2.05) is 27.7 Å². The second-order valence-electron chi connectivity index (χ2n) is 6.27. The summed E-state index contributed by atoms with van der Waals surface area (Å²) in [6.45, 7) is 8.16. The van der Waals surface area contributed by atoms with Crippen molar-refractivity contribution in [2.75, 3.05) is 19.7 Å². The average molecular weight is 301 g/mol. The Balaban J connectivity index is 2.88. The van der Waals surface area contributed by atoms with Gasteiger partial charge >= 0.3 is 6.03 Å². The van der Waals surface area contributed by atoms with Gasteiger partial charge in [0.1, 0.15) is 6.04 Å². The van der Waals surface area contributed by atoms with Gasteiger partial charge in [0.2, 0.25) is 5.91 Å². The zero-order chi connectivity index (χ0) is 16.2. The van der Waals surface area contributed by atoms with E-state index in [9.17, 15) is 14.7 Å². The molecule has 3 amide bonds. The fourth-order valence-corrected chi connectivity index (χ4v) is 2.59. The number of hydrogen-bond acceptors (Lipinski definition) is 4. The Morgan fingerprint density at radius 2 is 2.14 bits per heavy atom. The highest BCUT2D eigenvalue weighted by molar-refractivity contribution is 5.87. The van der Waals surface area contributed by atoms with Gasteiger partial charge in [-0.3, -0.25) is 4.79 Å². The third-order valence-electron chi connectivity index (χ3n) is 3.77. The lowest BCUT2D eigenvalue weighted by molar-refractivity contribution is -0.169. The van der Waals surface area contributed by atoms with Gasteiger partial charge in [0, 0.05) is 13.1 Å². The first-order valence-corrected chi connectivity index (χ1v) is 7.33. The molecule has 1 fully saturated rings. The van der Waals surface area contributed by atoms with Crippen LogP contribution in [0.3, 0.4) is 0 Å². The van der Waals surface area contributed by atoms with E-state index in [0.717, 1.165) is 6.42 Å². The number of carbonyl (C=O) groups excluding carboxylic acids is 2. The van der Waals surface area contributed by atoms with Crippen molar-refractivity contribution in [2.45, 2.75) is 51.9 Å². The minimum Gasteiger partial charge on any atom is -0.394 e. The first-order valence-electron chi connectivity index (χ1n) is 7.33. The molecule has 1 heterocycles. The second kappa shape index (κ2) is 7.09. The number of urea groups is 1. The monoisotopic (exact) mass is 301 g/mol. The Morgan fingerprint density at radius 1 is 1.52 bits per heavy atom. The topological polar surface area (TPSA) is 105 Å². The van der Waals surface area contributed by atoms with E-state index < -0.39 is 23.8 Å². The molecule has 0 aromatic heterocycles. The van der Waals surface area contributed by atoms with Crippen molar-refractivity contribution in [3.63, 3.8) is 0 Å². The van der Waals surface area contributed by atoms with Crippen LogP contribution in [0.15, 0.2) is 0 Å². The second-order valence-corrected chi connectivity index (χ2v) is 6.27. The molecule has 0 saturated carbocycles. The Kier molecular flexibility index (Phi) is 5.98. The molecule has 122 valence electrons. The number of ether oxygens (including phenoxy) is 1. The zero-order valence-corrected chi connectivity index (χ0v) is 13.3. The van der Waals surface area contributed by atoms with Crippen LogP contribution in [-0.4, -0.2) is 59.4 Å². The van der Waals surface area contributed by atoms with Crippen LogP contribution in [-0.2, 0) is 9.53 Å². The number of morpholine rings is 1. The first kappa shape index (κ1) is 17.7. The maximum absolute atomic E-state index is 12.7. The van der Waals surface area contributed by atoms with Crippen LogP contribution < -0.4 is 11.1 Å². The largest absolute Gasteiger partial charge is 0.394 e. The summed E-state index contributed by atoms with van der Waals surface area (Å²) in [5.41, 5.74) is 4.64. The SMILES string of the molecule is CCC(C)C(NC(N)=O)C(=O)N1CC(CO)OC(C)(C)C1. The normalized spacial score (nSPS) is 24.2. The van der Waals surface area contributed by atoms with Gasteiger partial charge in [0.15, 0.2) is 0 Å². The Labute approximate surface area is 125 Å².